The zero-order chi connectivity index (χ0) is 16.9. The van der Waals surface area contributed by atoms with Gasteiger partial charge in [0.05, 0.1) is 6.61 Å². The third kappa shape index (κ3) is 6.10. The van der Waals surface area contributed by atoms with Crippen molar-refractivity contribution in [1.82, 2.24) is 10.6 Å². The summed E-state index contributed by atoms with van der Waals surface area (Å²) < 4.78 is 10.7. The molecule has 23 heavy (non-hydrogen) atoms. The standard InChI is InChI=1S/C18H28N2O3/c1-5-22-16-8-6-13(7-9-16)12-19-14-10-15(11-14)20-17(21)23-18(2,3)4/h6-9,14-15,19H,5,10-12H2,1-4H3,(H,20,21). The molecule has 1 aliphatic rings. The first-order valence-electron chi connectivity index (χ1n) is 8.30. The minimum absolute atomic E-state index is 0.211. The molecule has 128 valence electrons. The summed E-state index contributed by atoms with van der Waals surface area (Å²) in [5, 5.41) is 6.41. The van der Waals surface area contributed by atoms with Crippen LogP contribution in [0.5, 0.6) is 5.75 Å². The number of carbonyl (C=O) groups is 1. The lowest BCUT2D eigenvalue weighted by Gasteiger charge is -2.36. The van der Waals surface area contributed by atoms with Crippen molar-refractivity contribution in [2.24, 2.45) is 0 Å². The predicted molar refractivity (Wildman–Crippen MR) is 90.6 cm³/mol. The second kappa shape index (κ2) is 7.68. The van der Waals surface area contributed by atoms with Gasteiger partial charge in [0.2, 0.25) is 0 Å². The second-order valence-corrected chi connectivity index (χ2v) is 6.97. The van der Waals surface area contributed by atoms with Gasteiger partial charge in [0, 0.05) is 18.6 Å². The minimum Gasteiger partial charge on any atom is -0.494 e. The number of benzene rings is 1. The van der Waals surface area contributed by atoms with Crippen molar-refractivity contribution in [2.75, 3.05) is 6.61 Å². The highest BCUT2D eigenvalue weighted by Crippen LogP contribution is 2.21. The highest BCUT2D eigenvalue weighted by Gasteiger charge is 2.31. The Morgan fingerprint density at radius 1 is 1.17 bits per heavy atom. The summed E-state index contributed by atoms with van der Waals surface area (Å²) in [6, 6.07) is 8.80. The molecule has 1 saturated carbocycles. The largest absolute Gasteiger partial charge is 0.494 e. The van der Waals surface area contributed by atoms with Gasteiger partial charge in [0.15, 0.2) is 0 Å². The number of hydrogen-bond donors (Lipinski definition) is 2. The van der Waals surface area contributed by atoms with Gasteiger partial charge in [-0.2, -0.15) is 0 Å². The molecule has 0 atom stereocenters. The van der Waals surface area contributed by atoms with Gasteiger partial charge in [-0.15, -0.1) is 0 Å². The highest BCUT2D eigenvalue weighted by atomic mass is 16.6. The first kappa shape index (κ1) is 17.6. The zero-order valence-corrected chi connectivity index (χ0v) is 14.5. The maximum atomic E-state index is 11.7. The first-order valence-corrected chi connectivity index (χ1v) is 8.30. The lowest BCUT2D eigenvalue weighted by atomic mass is 9.87. The van der Waals surface area contributed by atoms with E-state index < -0.39 is 5.60 Å². The molecule has 1 aliphatic carbocycles. The molecule has 5 heteroatoms. The third-order valence-corrected chi connectivity index (χ3v) is 3.69. The van der Waals surface area contributed by atoms with Gasteiger partial charge in [-0.1, -0.05) is 12.1 Å². The fourth-order valence-electron chi connectivity index (χ4n) is 2.51. The van der Waals surface area contributed by atoms with Gasteiger partial charge in [-0.25, -0.2) is 4.79 Å². The van der Waals surface area contributed by atoms with E-state index in [0.29, 0.717) is 12.6 Å². The van der Waals surface area contributed by atoms with Crippen LogP contribution in [0.3, 0.4) is 0 Å². The average molecular weight is 320 g/mol. The van der Waals surface area contributed by atoms with Crippen molar-refractivity contribution >= 4 is 6.09 Å². The Hall–Kier alpha value is -1.75. The number of nitrogens with one attached hydrogen (secondary N) is 2. The van der Waals surface area contributed by atoms with E-state index in [1.807, 2.05) is 39.8 Å². The van der Waals surface area contributed by atoms with E-state index in [2.05, 4.69) is 22.8 Å². The number of hydrogen-bond acceptors (Lipinski definition) is 4. The summed E-state index contributed by atoms with van der Waals surface area (Å²) in [5.41, 5.74) is 0.788. The monoisotopic (exact) mass is 320 g/mol. The van der Waals surface area contributed by atoms with Crippen LogP contribution < -0.4 is 15.4 Å². The zero-order valence-electron chi connectivity index (χ0n) is 14.5. The summed E-state index contributed by atoms with van der Waals surface area (Å²) >= 11 is 0. The molecule has 1 aromatic rings. The van der Waals surface area contributed by atoms with Crippen LogP contribution in [0.1, 0.15) is 46.1 Å². The molecule has 0 aliphatic heterocycles. The maximum absolute atomic E-state index is 11.7. The number of carbonyl (C=O) groups excluding carboxylic acids is 1. The topological polar surface area (TPSA) is 59.6 Å². The quantitative estimate of drug-likeness (QED) is 0.845. The molecule has 1 aromatic carbocycles. The van der Waals surface area contributed by atoms with Crippen molar-refractivity contribution < 1.29 is 14.3 Å². The third-order valence-electron chi connectivity index (χ3n) is 3.69. The first-order chi connectivity index (χ1) is 10.9. The molecule has 0 aromatic heterocycles. The molecule has 0 saturated heterocycles. The van der Waals surface area contributed by atoms with Crippen LogP contribution in [0.2, 0.25) is 0 Å². The molecule has 5 nitrogen and oxygen atoms in total. The summed E-state index contributed by atoms with van der Waals surface area (Å²) in [4.78, 5) is 11.7. The normalized spacial score (nSPS) is 20.5. The van der Waals surface area contributed by atoms with Crippen molar-refractivity contribution in [3.05, 3.63) is 29.8 Å². The lowest BCUT2D eigenvalue weighted by molar-refractivity contribution is 0.0465. The molecular weight excluding hydrogens is 292 g/mol. The van der Waals surface area contributed by atoms with E-state index in [-0.39, 0.29) is 12.1 Å². The summed E-state index contributed by atoms with van der Waals surface area (Å²) in [6.07, 6.45) is 1.56. The van der Waals surface area contributed by atoms with E-state index in [4.69, 9.17) is 9.47 Å². The van der Waals surface area contributed by atoms with Gasteiger partial charge in [0.25, 0.3) is 0 Å². The van der Waals surface area contributed by atoms with Crippen LogP contribution in [0.25, 0.3) is 0 Å². The van der Waals surface area contributed by atoms with Crippen molar-refractivity contribution in [1.29, 1.82) is 0 Å². The van der Waals surface area contributed by atoms with Crippen LogP contribution in [-0.4, -0.2) is 30.4 Å². The van der Waals surface area contributed by atoms with Gasteiger partial charge < -0.3 is 20.1 Å². The van der Waals surface area contributed by atoms with E-state index >= 15 is 0 Å². The van der Waals surface area contributed by atoms with Crippen molar-refractivity contribution in [3.8, 4) is 5.75 Å². The summed E-state index contributed by atoms with van der Waals surface area (Å²) in [5.74, 6) is 0.904. The van der Waals surface area contributed by atoms with Crippen LogP contribution in [0.4, 0.5) is 4.79 Å². The molecule has 1 fully saturated rings. The van der Waals surface area contributed by atoms with Crippen molar-refractivity contribution in [3.63, 3.8) is 0 Å². The summed E-state index contributed by atoms with van der Waals surface area (Å²) in [7, 11) is 0. The number of rotatable bonds is 6. The molecule has 2 rings (SSSR count). The SMILES string of the molecule is CCOc1ccc(CNC2CC(NC(=O)OC(C)(C)C)C2)cc1. The van der Waals surface area contributed by atoms with Gasteiger partial charge in [0.1, 0.15) is 11.4 Å². The fraction of sp³-hybridized carbons (Fsp3) is 0.611. The maximum Gasteiger partial charge on any atom is 0.407 e. The highest BCUT2D eigenvalue weighted by molar-refractivity contribution is 5.68. The Bertz CT molecular complexity index is 502. The van der Waals surface area contributed by atoms with Crippen LogP contribution >= 0.6 is 0 Å². The molecule has 0 heterocycles. The van der Waals surface area contributed by atoms with Crippen LogP contribution in [-0.2, 0) is 11.3 Å². The molecule has 0 bridgehead atoms. The van der Waals surface area contributed by atoms with Gasteiger partial charge >= 0.3 is 6.09 Å². The molecule has 0 unspecified atom stereocenters. The molecule has 0 radical (unpaired) electrons. The molecule has 1 amide bonds. The second-order valence-electron chi connectivity index (χ2n) is 6.97. The molecule has 0 spiro atoms. The molecular formula is C18H28N2O3. The fourth-order valence-corrected chi connectivity index (χ4v) is 2.51. The van der Waals surface area contributed by atoms with Crippen LogP contribution in [0, 0.1) is 0 Å². The summed E-state index contributed by atoms with van der Waals surface area (Å²) in [6.45, 7) is 9.10. The lowest BCUT2D eigenvalue weighted by Crippen LogP contribution is -2.52. The smallest absolute Gasteiger partial charge is 0.407 e. The Morgan fingerprint density at radius 3 is 2.39 bits per heavy atom. The Morgan fingerprint density at radius 2 is 1.83 bits per heavy atom. The van der Waals surface area contributed by atoms with Crippen LogP contribution in [0.15, 0.2) is 24.3 Å². The predicted octanol–water partition coefficient (Wildman–Crippen LogP) is 3.23. The number of ether oxygens (including phenoxy) is 2. The number of amides is 1. The Balaban J connectivity index is 1.63. The van der Waals surface area contributed by atoms with E-state index in [1.54, 1.807) is 0 Å². The van der Waals surface area contributed by atoms with E-state index in [0.717, 1.165) is 25.1 Å². The number of alkyl carbamates (subject to hydrolysis) is 1. The Labute approximate surface area is 138 Å². The van der Waals surface area contributed by atoms with Gasteiger partial charge in [-0.3, -0.25) is 0 Å². The van der Waals surface area contributed by atoms with Crippen molar-refractivity contribution in [2.45, 2.75) is 64.8 Å². The average Bonchev–Trinajstić information content (AvgIpc) is 2.41. The van der Waals surface area contributed by atoms with E-state index in [9.17, 15) is 4.79 Å². The molecule has 2 N–H and O–H groups in total. The van der Waals surface area contributed by atoms with E-state index in [1.165, 1.54) is 5.56 Å². The van der Waals surface area contributed by atoms with Gasteiger partial charge in [-0.05, 0) is 58.2 Å². The minimum atomic E-state index is -0.445. The Kier molecular flexibility index (Phi) is 5.88.